The highest BCUT2D eigenvalue weighted by Crippen LogP contribution is 2.35. The van der Waals surface area contributed by atoms with Crippen molar-refractivity contribution in [3.8, 4) is 28.3 Å². The SMILES string of the molecule is COc1ccc(CCCCCC2CCC(n3c(=O)c4cc(F)cnc4n(-c4cccc(-c5ccc(CN6CCN(C(C)C)CC6)cc5)c4)c3=O)CC2)cc1OC(C)=O. The molecule has 7 rings (SSSR count). The maximum absolute atomic E-state index is 14.6. The third-order valence-corrected chi connectivity index (χ3v) is 12.1. The van der Waals surface area contributed by atoms with Crippen LogP contribution in [0.4, 0.5) is 4.39 Å². The summed E-state index contributed by atoms with van der Waals surface area (Å²) in [6, 6.07) is 23.5. The molecule has 10 nitrogen and oxygen atoms in total. The van der Waals surface area contributed by atoms with Crippen LogP contribution in [-0.2, 0) is 17.8 Å². The van der Waals surface area contributed by atoms with Gasteiger partial charge in [0.15, 0.2) is 17.1 Å². The van der Waals surface area contributed by atoms with E-state index in [1.165, 1.54) is 27.7 Å². The minimum atomic E-state index is -0.613. The Hall–Kier alpha value is -5.13. The summed E-state index contributed by atoms with van der Waals surface area (Å²) in [5.74, 6) is 0.507. The number of halogens is 1. The predicted molar refractivity (Wildman–Crippen MR) is 226 cm³/mol. The summed E-state index contributed by atoms with van der Waals surface area (Å²) in [6.45, 7) is 11.1. The van der Waals surface area contributed by atoms with E-state index in [1.54, 1.807) is 7.11 Å². The molecule has 1 saturated heterocycles. The van der Waals surface area contributed by atoms with Crippen LogP contribution in [0.25, 0.3) is 27.8 Å². The Morgan fingerprint density at radius 2 is 1.59 bits per heavy atom. The summed E-state index contributed by atoms with van der Waals surface area (Å²) in [5.41, 5.74) is 4.12. The van der Waals surface area contributed by atoms with Gasteiger partial charge in [-0.3, -0.25) is 24.0 Å². The zero-order valence-corrected chi connectivity index (χ0v) is 34.3. The number of pyridine rings is 1. The fourth-order valence-electron chi connectivity index (χ4n) is 8.80. The van der Waals surface area contributed by atoms with E-state index in [4.69, 9.17) is 9.47 Å². The molecule has 1 aliphatic carbocycles. The van der Waals surface area contributed by atoms with Crippen LogP contribution < -0.4 is 20.7 Å². The second kappa shape index (κ2) is 18.6. The molecule has 1 saturated carbocycles. The molecule has 0 N–H and O–H groups in total. The number of fused-ring (bicyclic) bond motifs is 1. The highest BCUT2D eigenvalue weighted by molar-refractivity contribution is 5.76. The number of benzene rings is 3. The summed E-state index contributed by atoms with van der Waals surface area (Å²) in [5, 5.41) is 0.0996. The number of aromatic nitrogens is 3. The molecule has 5 aromatic rings. The number of methoxy groups -OCH3 is 1. The average Bonchev–Trinajstić information content (AvgIpc) is 3.22. The molecule has 0 amide bonds. The summed E-state index contributed by atoms with van der Waals surface area (Å²) in [7, 11) is 1.56. The zero-order chi connectivity index (χ0) is 40.8. The molecule has 2 fully saturated rings. The van der Waals surface area contributed by atoms with Gasteiger partial charge in [-0.25, -0.2) is 18.7 Å². The number of piperazine rings is 1. The molecule has 3 heterocycles. The molecule has 58 heavy (non-hydrogen) atoms. The average molecular weight is 790 g/mol. The van der Waals surface area contributed by atoms with Crippen molar-refractivity contribution >= 4 is 17.0 Å². The summed E-state index contributed by atoms with van der Waals surface area (Å²) >= 11 is 0. The molecular formula is C47H56FN5O5. The Balaban J connectivity index is 1.01. The van der Waals surface area contributed by atoms with Crippen LogP contribution in [0, 0.1) is 11.7 Å². The van der Waals surface area contributed by atoms with Crippen molar-refractivity contribution in [2.24, 2.45) is 5.92 Å². The van der Waals surface area contributed by atoms with Crippen LogP contribution in [0.3, 0.4) is 0 Å². The first-order chi connectivity index (χ1) is 28.1. The normalized spacial score (nSPS) is 17.8. The molecule has 306 valence electrons. The van der Waals surface area contributed by atoms with E-state index < -0.39 is 17.1 Å². The number of esters is 1. The Morgan fingerprint density at radius 1 is 0.845 bits per heavy atom. The van der Waals surface area contributed by atoms with Crippen molar-refractivity contribution in [1.82, 2.24) is 23.9 Å². The van der Waals surface area contributed by atoms with Crippen molar-refractivity contribution in [3.05, 3.63) is 117 Å². The van der Waals surface area contributed by atoms with E-state index >= 15 is 0 Å². The van der Waals surface area contributed by atoms with E-state index in [9.17, 15) is 18.8 Å². The molecule has 0 unspecified atom stereocenters. The van der Waals surface area contributed by atoms with Gasteiger partial charge in [0.25, 0.3) is 5.56 Å². The molecule has 0 atom stereocenters. The van der Waals surface area contributed by atoms with Crippen molar-refractivity contribution < 1.29 is 18.7 Å². The second-order valence-corrected chi connectivity index (χ2v) is 16.3. The number of hydrogen-bond acceptors (Lipinski definition) is 8. The highest BCUT2D eigenvalue weighted by Gasteiger charge is 2.27. The number of hydrogen-bond donors (Lipinski definition) is 0. The maximum atomic E-state index is 14.6. The first kappa shape index (κ1) is 41.0. The monoisotopic (exact) mass is 789 g/mol. The van der Waals surface area contributed by atoms with Gasteiger partial charge in [0.1, 0.15) is 5.82 Å². The maximum Gasteiger partial charge on any atom is 0.337 e. The van der Waals surface area contributed by atoms with Crippen molar-refractivity contribution in [2.75, 3.05) is 33.3 Å². The fourth-order valence-corrected chi connectivity index (χ4v) is 8.80. The second-order valence-electron chi connectivity index (χ2n) is 16.3. The standard InChI is InChI=1S/C47H56FN5O5/c1-32(2)51-25-23-50(24-26-51)31-36-13-18-37(19-14-36)38-11-8-12-41(28-38)52-45-42(29-39(48)30-49-45)46(55)53(47(52)56)40-20-15-34(16-21-40)9-6-5-7-10-35-17-22-43(57-4)44(27-35)58-33(3)54/h8,11-14,17-19,22,27-30,32,34,40H,5-7,9-10,15-16,20-21,23-26,31H2,1-4H3. The number of aryl methyl sites for hydroxylation is 1. The van der Waals surface area contributed by atoms with Crippen LogP contribution in [0.5, 0.6) is 11.5 Å². The Morgan fingerprint density at radius 3 is 2.29 bits per heavy atom. The molecule has 2 aliphatic rings. The quantitative estimate of drug-likeness (QED) is 0.0630. The van der Waals surface area contributed by atoms with E-state index in [0.29, 0.717) is 42.0 Å². The van der Waals surface area contributed by atoms with Crippen molar-refractivity contribution in [3.63, 3.8) is 0 Å². The van der Waals surface area contributed by atoms with Crippen LogP contribution in [0.2, 0.25) is 0 Å². The first-order valence-electron chi connectivity index (χ1n) is 20.9. The minimum Gasteiger partial charge on any atom is -0.493 e. The Labute approximate surface area is 340 Å². The van der Waals surface area contributed by atoms with Crippen LogP contribution in [0.15, 0.2) is 88.6 Å². The lowest BCUT2D eigenvalue weighted by atomic mass is 9.83. The number of ether oxygens (including phenoxy) is 2. The Kier molecular flexibility index (Phi) is 13.2. The largest absolute Gasteiger partial charge is 0.493 e. The molecule has 0 spiro atoms. The third-order valence-electron chi connectivity index (χ3n) is 12.1. The fraction of sp³-hybridized carbons (Fsp3) is 0.447. The number of unbranched alkanes of at least 4 members (excludes halogenated alkanes) is 2. The van der Waals surface area contributed by atoms with E-state index in [0.717, 1.165) is 101 Å². The molecule has 0 bridgehead atoms. The highest BCUT2D eigenvalue weighted by atomic mass is 19.1. The van der Waals surface area contributed by atoms with Gasteiger partial charge in [-0.2, -0.15) is 0 Å². The minimum absolute atomic E-state index is 0.0996. The van der Waals surface area contributed by atoms with E-state index in [-0.39, 0.29) is 23.0 Å². The summed E-state index contributed by atoms with van der Waals surface area (Å²) in [4.78, 5) is 49.2. The van der Waals surface area contributed by atoms with Gasteiger partial charge in [-0.15, -0.1) is 0 Å². The lowest BCUT2D eigenvalue weighted by molar-refractivity contribution is -0.132. The van der Waals surface area contributed by atoms with Crippen LogP contribution in [0.1, 0.15) is 89.3 Å². The number of carbonyl (C=O) groups is 1. The topological polar surface area (TPSA) is 98.9 Å². The van der Waals surface area contributed by atoms with Crippen molar-refractivity contribution in [2.45, 2.75) is 97.2 Å². The third kappa shape index (κ3) is 9.59. The van der Waals surface area contributed by atoms with Gasteiger partial charge in [-0.05, 0) is 111 Å². The number of carbonyl (C=O) groups excluding carboxylic acids is 1. The van der Waals surface area contributed by atoms with Gasteiger partial charge in [-0.1, -0.05) is 61.7 Å². The number of rotatable bonds is 14. The number of nitrogens with zero attached hydrogens (tertiary/aromatic N) is 5. The van der Waals surface area contributed by atoms with Crippen LogP contribution in [-0.4, -0.2) is 69.2 Å². The van der Waals surface area contributed by atoms with E-state index in [1.807, 2.05) is 42.5 Å². The molecule has 11 heteroatoms. The molecule has 2 aromatic heterocycles. The molecule has 1 aliphatic heterocycles. The van der Waals surface area contributed by atoms with Crippen LogP contribution >= 0.6 is 0 Å². The summed E-state index contributed by atoms with van der Waals surface area (Å²) in [6.07, 6.45) is 9.45. The van der Waals surface area contributed by atoms with Gasteiger partial charge in [0.2, 0.25) is 0 Å². The lowest BCUT2D eigenvalue weighted by Crippen LogP contribution is -2.48. The first-order valence-corrected chi connectivity index (χ1v) is 20.9. The van der Waals surface area contributed by atoms with Gasteiger partial charge in [0, 0.05) is 51.7 Å². The van der Waals surface area contributed by atoms with Gasteiger partial charge < -0.3 is 9.47 Å². The van der Waals surface area contributed by atoms with Crippen molar-refractivity contribution in [1.29, 1.82) is 0 Å². The molecule has 3 aromatic carbocycles. The molecular weight excluding hydrogens is 734 g/mol. The van der Waals surface area contributed by atoms with E-state index in [2.05, 4.69) is 52.9 Å². The van der Waals surface area contributed by atoms with Gasteiger partial charge in [0.05, 0.1) is 24.4 Å². The Bertz CT molecular complexity index is 2320. The summed E-state index contributed by atoms with van der Waals surface area (Å²) < 4.78 is 28.1. The predicted octanol–water partition coefficient (Wildman–Crippen LogP) is 8.35. The smallest absolute Gasteiger partial charge is 0.337 e. The lowest BCUT2D eigenvalue weighted by Gasteiger charge is -2.36. The zero-order valence-electron chi connectivity index (χ0n) is 34.3. The molecule has 0 radical (unpaired) electrons. The van der Waals surface area contributed by atoms with Gasteiger partial charge >= 0.3 is 11.7 Å².